The van der Waals surface area contributed by atoms with Gasteiger partial charge in [-0.15, -0.1) is 4.40 Å². The van der Waals surface area contributed by atoms with E-state index in [1.807, 2.05) is 60.1 Å². The first-order valence-corrected chi connectivity index (χ1v) is 11.8. The van der Waals surface area contributed by atoms with E-state index in [2.05, 4.69) is 9.71 Å². The fourth-order valence-electron chi connectivity index (χ4n) is 3.87. The van der Waals surface area contributed by atoms with Crippen molar-refractivity contribution >= 4 is 33.1 Å². The molecule has 1 amide bonds. The molecule has 0 radical (unpaired) electrons. The molecule has 0 atom stereocenters. The first kappa shape index (κ1) is 20.9. The molecule has 33 heavy (non-hydrogen) atoms. The molecule has 0 spiro atoms. The van der Waals surface area contributed by atoms with Gasteiger partial charge in [0, 0.05) is 36.3 Å². The van der Waals surface area contributed by atoms with E-state index in [-0.39, 0.29) is 23.2 Å². The average molecular weight is 460 g/mol. The zero-order valence-corrected chi connectivity index (χ0v) is 18.9. The topological polar surface area (TPSA) is 96.1 Å². The van der Waals surface area contributed by atoms with Gasteiger partial charge in [0.1, 0.15) is 10.5 Å². The van der Waals surface area contributed by atoms with Gasteiger partial charge in [0.05, 0.1) is 12.2 Å². The van der Waals surface area contributed by atoms with Crippen molar-refractivity contribution in [1.29, 1.82) is 0 Å². The molecule has 0 bridgehead atoms. The number of carbonyl (C=O) groups excluding carboxylic acids is 1. The van der Waals surface area contributed by atoms with E-state index in [0.29, 0.717) is 11.3 Å². The normalized spacial score (nSPS) is 14.1. The van der Waals surface area contributed by atoms with E-state index >= 15 is 0 Å². The number of likely N-dealkylation sites (N-methyl/N-ethyl adjacent to an activating group) is 1. The number of rotatable bonds is 4. The molecule has 0 unspecified atom stereocenters. The van der Waals surface area contributed by atoms with Crippen LogP contribution in [0.2, 0.25) is 0 Å². The number of fused-ring (bicyclic) bond motifs is 2. The molecule has 5 rings (SSSR count). The van der Waals surface area contributed by atoms with E-state index in [4.69, 9.17) is 4.98 Å². The fourth-order valence-corrected chi connectivity index (χ4v) is 5.12. The number of amidine groups is 1. The summed E-state index contributed by atoms with van der Waals surface area (Å²) >= 11 is 0. The highest BCUT2D eigenvalue weighted by atomic mass is 32.2. The summed E-state index contributed by atoms with van der Waals surface area (Å²) in [6, 6.07) is 18.0. The Hall–Kier alpha value is -3.98. The van der Waals surface area contributed by atoms with E-state index in [0.717, 1.165) is 22.5 Å². The van der Waals surface area contributed by atoms with Crippen LogP contribution in [0.1, 0.15) is 11.1 Å². The lowest BCUT2D eigenvalue weighted by Gasteiger charge is -2.18. The molecular formula is C24H21N5O3S. The van der Waals surface area contributed by atoms with E-state index in [9.17, 15) is 13.2 Å². The van der Waals surface area contributed by atoms with Gasteiger partial charge < -0.3 is 14.6 Å². The third kappa shape index (κ3) is 3.87. The predicted molar refractivity (Wildman–Crippen MR) is 127 cm³/mol. The molecule has 0 saturated heterocycles. The minimum absolute atomic E-state index is 0.0455. The third-order valence-electron chi connectivity index (χ3n) is 5.50. The van der Waals surface area contributed by atoms with E-state index < -0.39 is 10.0 Å². The summed E-state index contributed by atoms with van der Waals surface area (Å²) in [7, 11) is -2.09. The second-order valence-electron chi connectivity index (χ2n) is 7.92. The van der Waals surface area contributed by atoms with Crippen molar-refractivity contribution < 1.29 is 13.2 Å². The minimum atomic E-state index is -3.73. The first-order valence-electron chi connectivity index (χ1n) is 10.3. The maximum atomic E-state index is 12.6. The Kier molecular flexibility index (Phi) is 4.98. The molecule has 9 heteroatoms. The molecule has 3 heterocycles. The Morgan fingerprint density at radius 3 is 2.58 bits per heavy atom. The standard InChI is InChI=1S/C24H21N5O3S/c1-16-6-5-13-29-14-20(26-23(16)29)17-9-11-18(12-10-17)25-22(30)15-28(2)24-19-7-3-4-8-21(19)33(31,32)27-24/h3-14H,15H2,1-2H3,(H,25,30). The highest BCUT2D eigenvalue weighted by Gasteiger charge is 2.30. The molecule has 0 fully saturated rings. The van der Waals surface area contributed by atoms with Crippen LogP contribution in [-0.2, 0) is 14.8 Å². The summed E-state index contributed by atoms with van der Waals surface area (Å²) < 4.78 is 30.3. The Morgan fingerprint density at radius 2 is 1.82 bits per heavy atom. The summed E-state index contributed by atoms with van der Waals surface area (Å²) in [4.78, 5) is 19.0. The van der Waals surface area contributed by atoms with Gasteiger partial charge in [-0.3, -0.25) is 4.79 Å². The molecule has 0 saturated carbocycles. The van der Waals surface area contributed by atoms with Crippen molar-refractivity contribution in [1.82, 2.24) is 14.3 Å². The van der Waals surface area contributed by atoms with Crippen LogP contribution in [0, 0.1) is 6.92 Å². The second kappa shape index (κ2) is 7.86. The van der Waals surface area contributed by atoms with E-state index in [1.54, 1.807) is 25.2 Å². The van der Waals surface area contributed by atoms with Crippen molar-refractivity contribution in [3.8, 4) is 11.3 Å². The van der Waals surface area contributed by atoms with Crippen molar-refractivity contribution in [2.75, 3.05) is 18.9 Å². The van der Waals surface area contributed by atoms with Crippen LogP contribution in [0.3, 0.4) is 0 Å². The van der Waals surface area contributed by atoms with Crippen LogP contribution < -0.4 is 5.32 Å². The van der Waals surface area contributed by atoms with Crippen LogP contribution in [0.15, 0.2) is 82.4 Å². The molecule has 1 aliphatic heterocycles. The number of hydrogen-bond donors (Lipinski definition) is 1. The van der Waals surface area contributed by atoms with Crippen LogP contribution in [0.4, 0.5) is 5.69 Å². The molecule has 1 aliphatic rings. The lowest BCUT2D eigenvalue weighted by molar-refractivity contribution is -0.116. The third-order valence-corrected chi connectivity index (χ3v) is 6.82. The summed E-state index contributed by atoms with van der Waals surface area (Å²) in [6.07, 6.45) is 3.93. The van der Waals surface area contributed by atoms with Crippen molar-refractivity contribution in [3.05, 3.63) is 84.2 Å². The number of carbonyl (C=O) groups is 1. The van der Waals surface area contributed by atoms with E-state index in [1.165, 1.54) is 11.0 Å². The highest BCUT2D eigenvalue weighted by molar-refractivity contribution is 7.90. The van der Waals surface area contributed by atoms with Gasteiger partial charge in [0.15, 0.2) is 5.84 Å². The Bertz CT molecular complexity index is 1520. The van der Waals surface area contributed by atoms with Crippen LogP contribution >= 0.6 is 0 Å². The van der Waals surface area contributed by atoms with Gasteiger partial charge in [-0.05, 0) is 42.8 Å². The zero-order valence-electron chi connectivity index (χ0n) is 18.1. The lowest BCUT2D eigenvalue weighted by atomic mass is 10.1. The van der Waals surface area contributed by atoms with Gasteiger partial charge >= 0.3 is 0 Å². The average Bonchev–Trinajstić information content (AvgIpc) is 3.34. The van der Waals surface area contributed by atoms with Crippen molar-refractivity contribution in [3.63, 3.8) is 0 Å². The monoisotopic (exact) mass is 459 g/mol. The number of aryl methyl sites for hydroxylation is 1. The quantitative estimate of drug-likeness (QED) is 0.505. The number of nitrogens with one attached hydrogen (secondary N) is 1. The predicted octanol–water partition coefficient (Wildman–Crippen LogP) is 3.33. The number of anilines is 1. The maximum absolute atomic E-state index is 12.6. The molecule has 1 N–H and O–H groups in total. The molecule has 2 aromatic heterocycles. The number of pyridine rings is 1. The summed E-state index contributed by atoms with van der Waals surface area (Å²) in [6.45, 7) is 1.98. The largest absolute Gasteiger partial charge is 0.349 e. The SMILES string of the molecule is Cc1cccn2cc(-c3ccc(NC(=O)CN(C)C4=NS(=O)(=O)c5ccccc54)cc3)nc12. The Labute approximate surface area is 191 Å². The lowest BCUT2D eigenvalue weighted by Crippen LogP contribution is -2.34. The fraction of sp³-hybridized carbons (Fsp3) is 0.125. The minimum Gasteiger partial charge on any atom is -0.349 e. The molecule has 2 aromatic carbocycles. The van der Waals surface area contributed by atoms with Gasteiger partial charge in [0.2, 0.25) is 5.91 Å². The summed E-state index contributed by atoms with van der Waals surface area (Å²) in [5, 5.41) is 2.84. The van der Waals surface area contributed by atoms with Gasteiger partial charge in [0.25, 0.3) is 10.0 Å². The number of imidazole rings is 1. The first-order chi connectivity index (χ1) is 15.8. The van der Waals surface area contributed by atoms with Crippen LogP contribution in [0.25, 0.3) is 16.9 Å². The summed E-state index contributed by atoms with van der Waals surface area (Å²) in [5.74, 6) is -0.0173. The second-order valence-corrected chi connectivity index (χ2v) is 9.49. The summed E-state index contributed by atoms with van der Waals surface area (Å²) in [5.41, 5.74) is 4.93. The number of amides is 1. The van der Waals surface area contributed by atoms with Crippen molar-refractivity contribution in [2.24, 2.45) is 4.40 Å². The molecular weight excluding hydrogens is 438 g/mol. The van der Waals surface area contributed by atoms with Gasteiger partial charge in [-0.1, -0.05) is 30.3 Å². The van der Waals surface area contributed by atoms with Crippen LogP contribution in [0.5, 0.6) is 0 Å². The number of hydrogen-bond acceptors (Lipinski definition) is 5. The number of aromatic nitrogens is 2. The maximum Gasteiger partial charge on any atom is 0.285 e. The number of nitrogens with zero attached hydrogens (tertiary/aromatic N) is 4. The molecule has 4 aromatic rings. The van der Waals surface area contributed by atoms with Gasteiger partial charge in [-0.25, -0.2) is 4.98 Å². The Morgan fingerprint density at radius 1 is 1.06 bits per heavy atom. The van der Waals surface area contributed by atoms with Gasteiger partial charge in [-0.2, -0.15) is 8.42 Å². The molecule has 0 aliphatic carbocycles. The Balaban J connectivity index is 1.28. The van der Waals surface area contributed by atoms with Crippen molar-refractivity contribution in [2.45, 2.75) is 11.8 Å². The zero-order chi connectivity index (χ0) is 23.2. The molecule has 8 nitrogen and oxygen atoms in total. The number of benzene rings is 2. The molecule has 166 valence electrons. The highest BCUT2D eigenvalue weighted by Crippen LogP contribution is 2.27. The number of sulfonamides is 1. The van der Waals surface area contributed by atoms with Crippen LogP contribution in [-0.4, -0.2) is 48.0 Å². The smallest absolute Gasteiger partial charge is 0.285 e.